The van der Waals surface area contributed by atoms with E-state index in [1.54, 1.807) is 6.07 Å². The zero-order valence-corrected chi connectivity index (χ0v) is 19.8. The first kappa shape index (κ1) is 25.9. The quantitative estimate of drug-likeness (QED) is 0.287. The van der Waals surface area contributed by atoms with Crippen molar-refractivity contribution in [3.05, 3.63) is 56.9 Å². The number of hydrazine groups is 1. The summed E-state index contributed by atoms with van der Waals surface area (Å²) in [5.41, 5.74) is 3.14. The number of carbonyl (C=O) groups excluding carboxylic acids is 3. The Bertz CT molecular complexity index is 1270. The van der Waals surface area contributed by atoms with Crippen molar-refractivity contribution in [3.63, 3.8) is 0 Å². The fourth-order valence-corrected chi connectivity index (χ4v) is 4.40. The fraction of sp³-hybridized carbons (Fsp3) is 0.150. The van der Waals surface area contributed by atoms with Crippen molar-refractivity contribution in [1.82, 2.24) is 10.9 Å². The Morgan fingerprint density at radius 3 is 2.41 bits per heavy atom. The first-order chi connectivity index (χ1) is 16.0. The molecule has 0 radical (unpaired) electrons. The van der Waals surface area contributed by atoms with Crippen molar-refractivity contribution < 1.29 is 32.3 Å². The van der Waals surface area contributed by atoms with Crippen LogP contribution in [0.15, 0.2) is 36.4 Å². The molecule has 2 aromatic carbocycles. The lowest BCUT2D eigenvalue weighted by Gasteiger charge is -2.12. The van der Waals surface area contributed by atoms with Gasteiger partial charge in [0.05, 0.1) is 15.6 Å². The molecule has 7 nitrogen and oxygen atoms in total. The number of halogens is 6. The maximum absolute atomic E-state index is 13.0. The van der Waals surface area contributed by atoms with Crippen molar-refractivity contribution in [2.24, 2.45) is 0 Å². The third-order valence-corrected chi connectivity index (χ3v) is 6.40. The number of benzene rings is 2. The number of nitrogens with one attached hydrogen (secondary N) is 3. The standard InChI is InChI=1S/C20H13Cl3F3N3O4S/c21-7-15(30)28-29-19(32)18-17(23)11-3-2-10(6-14(11)34-18)33-8-16(31)27-9-1-4-13(22)12(5-9)20(24,25)26/h1-6H,7-8H2,(H,27,31)(H,28,30)(H,29,32). The van der Waals surface area contributed by atoms with Gasteiger partial charge in [-0.1, -0.05) is 23.2 Å². The van der Waals surface area contributed by atoms with Crippen LogP contribution in [-0.2, 0) is 15.8 Å². The van der Waals surface area contributed by atoms with Gasteiger partial charge in [0.15, 0.2) is 6.61 Å². The molecule has 0 unspecified atom stereocenters. The van der Waals surface area contributed by atoms with Gasteiger partial charge < -0.3 is 10.1 Å². The zero-order chi connectivity index (χ0) is 25.0. The van der Waals surface area contributed by atoms with Crippen molar-refractivity contribution in [1.29, 1.82) is 0 Å². The second-order valence-corrected chi connectivity index (χ2v) is 8.67. The van der Waals surface area contributed by atoms with Gasteiger partial charge in [-0.05, 0) is 36.4 Å². The highest BCUT2D eigenvalue weighted by Crippen LogP contribution is 2.38. The highest BCUT2D eigenvalue weighted by molar-refractivity contribution is 7.21. The first-order valence-corrected chi connectivity index (χ1v) is 11.3. The summed E-state index contributed by atoms with van der Waals surface area (Å²) in [6, 6.07) is 7.61. The Morgan fingerprint density at radius 2 is 1.74 bits per heavy atom. The van der Waals surface area contributed by atoms with E-state index in [4.69, 9.17) is 39.5 Å². The van der Waals surface area contributed by atoms with E-state index in [2.05, 4.69) is 16.2 Å². The van der Waals surface area contributed by atoms with Gasteiger partial charge in [0.2, 0.25) is 0 Å². The number of amides is 3. The molecule has 0 fully saturated rings. The van der Waals surface area contributed by atoms with Crippen LogP contribution in [0.2, 0.25) is 10.0 Å². The molecule has 0 atom stereocenters. The van der Waals surface area contributed by atoms with Crippen molar-refractivity contribution in [3.8, 4) is 5.75 Å². The highest BCUT2D eigenvalue weighted by atomic mass is 35.5. The maximum atomic E-state index is 13.0. The minimum Gasteiger partial charge on any atom is -0.484 e. The molecule has 180 valence electrons. The van der Waals surface area contributed by atoms with E-state index in [0.29, 0.717) is 10.1 Å². The van der Waals surface area contributed by atoms with Gasteiger partial charge in [0.25, 0.3) is 17.7 Å². The van der Waals surface area contributed by atoms with Gasteiger partial charge in [-0.2, -0.15) is 13.2 Å². The Morgan fingerprint density at radius 1 is 1.00 bits per heavy atom. The Hall–Kier alpha value is -2.73. The van der Waals surface area contributed by atoms with Gasteiger partial charge in [0.1, 0.15) is 16.5 Å². The summed E-state index contributed by atoms with van der Waals surface area (Å²) in [4.78, 5) is 35.7. The summed E-state index contributed by atoms with van der Waals surface area (Å²) < 4.78 is 44.8. The third kappa shape index (κ3) is 6.23. The molecule has 1 aromatic heterocycles. The normalized spacial score (nSPS) is 11.2. The molecule has 0 aliphatic rings. The lowest BCUT2D eigenvalue weighted by atomic mass is 10.2. The molecule has 0 bridgehead atoms. The topological polar surface area (TPSA) is 96.5 Å². The van der Waals surface area contributed by atoms with Gasteiger partial charge in [-0.25, -0.2) is 0 Å². The molecule has 34 heavy (non-hydrogen) atoms. The molecular formula is C20H13Cl3F3N3O4S. The van der Waals surface area contributed by atoms with Crippen LogP contribution in [0.1, 0.15) is 15.2 Å². The minimum atomic E-state index is -4.67. The molecule has 0 aliphatic carbocycles. The average Bonchev–Trinajstić information content (AvgIpc) is 3.12. The van der Waals surface area contributed by atoms with Crippen LogP contribution in [0, 0.1) is 0 Å². The van der Waals surface area contributed by atoms with Gasteiger partial charge in [-0.3, -0.25) is 25.2 Å². The second-order valence-electron chi connectivity index (χ2n) is 6.57. The molecule has 3 amide bonds. The van der Waals surface area contributed by atoms with Gasteiger partial charge in [-0.15, -0.1) is 22.9 Å². The number of carbonyl (C=O) groups is 3. The first-order valence-electron chi connectivity index (χ1n) is 9.16. The summed E-state index contributed by atoms with van der Waals surface area (Å²) in [6.45, 7) is -0.494. The SMILES string of the molecule is O=C(CCl)NNC(=O)c1sc2cc(OCC(=O)Nc3ccc(Cl)c(C(F)(F)F)c3)ccc2c1Cl. The van der Waals surface area contributed by atoms with Crippen molar-refractivity contribution >= 4 is 79.6 Å². The summed E-state index contributed by atoms with van der Waals surface area (Å²) in [6.07, 6.45) is -4.67. The van der Waals surface area contributed by atoms with Crippen molar-refractivity contribution in [2.45, 2.75) is 6.18 Å². The molecule has 1 heterocycles. The lowest BCUT2D eigenvalue weighted by molar-refractivity contribution is -0.137. The van der Waals surface area contributed by atoms with E-state index in [-0.39, 0.29) is 27.2 Å². The van der Waals surface area contributed by atoms with E-state index in [0.717, 1.165) is 23.5 Å². The molecule has 0 spiro atoms. The molecule has 0 aliphatic heterocycles. The smallest absolute Gasteiger partial charge is 0.417 e. The predicted molar refractivity (Wildman–Crippen MR) is 124 cm³/mol. The van der Waals surface area contributed by atoms with Crippen LogP contribution in [0.4, 0.5) is 18.9 Å². The molecule has 3 rings (SSSR count). The van der Waals surface area contributed by atoms with Crippen LogP contribution < -0.4 is 20.9 Å². The third-order valence-electron chi connectivity index (χ3n) is 4.17. The van der Waals surface area contributed by atoms with Crippen LogP contribution >= 0.6 is 46.1 Å². The molecular weight excluding hydrogens is 542 g/mol. The summed E-state index contributed by atoms with van der Waals surface area (Å²) >= 11 is 18.2. The molecule has 0 saturated carbocycles. The summed E-state index contributed by atoms with van der Waals surface area (Å²) in [7, 11) is 0. The van der Waals surface area contributed by atoms with E-state index >= 15 is 0 Å². The fourth-order valence-electron chi connectivity index (χ4n) is 2.66. The van der Waals surface area contributed by atoms with Crippen LogP contribution in [0.3, 0.4) is 0 Å². The summed E-state index contributed by atoms with van der Waals surface area (Å²) in [5.74, 6) is -2.02. The van der Waals surface area contributed by atoms with Gasteiger partial charge >= 0.3 is 6.18 Å². The van der Waals surface area contributed by atoms with Crippen LogP contribution in [0.25, 0.3) is 10.1 Å². The van der Waals surface area contributed by atoms with Crippen molar-refractivity contribution in [2.75, 3.05) is 17.8 Å². The Kier molecular flexibility index (Phi) is 8.13. The number of hydrogen-bond acceptors (Lipinski definition) is 5. The number of hydrogen-bond donors (Lipinski definition) is 3. The molecule has 3 N–H and O–H groups in total. The van der Waals surface area contributed by atoms with E-state index < -0.39 is 41.1 Å². The molecule has 3 aromatic rings. The maximum Gasteiger partial charge on any atom is 0.417 e. The average molecular weight is 555 g/mol. The number of alkyl halides is 4. The number of rotatable bonds is 6. The molecule has 0 saturated heterocycles. The van der Waals surface area contributed by atoms with E-state index in [1.165, 1.54) is 18.2 Å². The van der Waals surface area contributed by atoms with E-state index in [9.17, 15) is 27.6 Å². The van der Waals surface area contributed by atoms with Gasteiger partial charge in [0, 0.05) is 15.8 Å². The zero-order valence-electron chi connectivity index (χ0n) is 16.7. The Labute approximate surface area is 209 Å². The number of ether oxygens (including phenoxy) is 1. The number of thiophene rings is 1. The number of anilines is 1. The summed E-state index contributed by atoms with van der Waals surface area (Å²) in [5, 5.41) is 2.52. The highest BCUT2D eigenvalue weighted by Gasteiger charge is 2.33. The largest absolute Gasteiger partial charge is 0.484 e. The van der Waals surface area contributed by atoms with Crippen LogP contribution in [0.5, 0.6) is 5.75 Å². The molecule has 14 heteroatoms. The Balaban J connectivity index is 1.66. The second kappa shape index (κ2) is 10.7. The number of fused-ring (bicyclic) bond motifs is 1. The monoisotopic (exact) mass is 553 g/mol. The predicted octanol–water partition coefficient (Wildman–Crippen LogP) is 5.24. The van der Waals surface area contributed by atoms with E-state index in [1.807, 2.05) is 0 Å². The van der Waals surface area contributed by atoms with Crippen LogP contribution in [-0.4, -0.2) is 30.2 Å². The lowest BCUT2D eigenvalue weighted by Crippen LogP contribution is -2.42. The minimum absolute atomic E-state index is 0.0947.